The van der Waals surface area contributed by atoms with Gasteiger partial charge in [-0.05, 0) is 55.0 Å². The third kappa shape index (κ3) is 4.76. The SMILES string of the molecule is CCOc1ccc(C(CNC(=O)CC2C=CCC2)c2c[nH]c3ccccc23)cc1OC. The largest absolute Gasteiger partial charge is 0.493 e. The molecule has 1 amide bonds. The second-order valence-electron chi connectivity index (χ2n) is 7.96. The topological polar surface area (TPSA) is 63.3 Å². The monoisotopic (exact) mass is 418 g/mol. The molecule has 0 fully saturated rings. The molecule has 3 aromatic rings. The van der Waals surface area contributed by atoms with Crippen LogP contribution in [0.25, 0.3) is 10.9 Å². The smallest absolute Gasteiger partial charge is 0.220 e. The standard InChI is InChI=1S/C26H30N2O3/c1-3-31-24-13-12-19(15-25(24)30-2)21(16-28-26(29)14-18-8-4-5-9-18)22-17-27-23-11-7-6-10-20(22)23/h4,6-8,10-13,15,17-18,21,27H,3,5,9,14,16H2,1-2H3,(H,28,29). The maximum Gasteiger partial charge on any atom is 0.220 e. The van der Waals surface area contributed by atoms with Gasteiger partial charge in [-0.2, -0.15) is 0 Å². The van der Waals surface area contributed by atoms with Crippen LogP contribution in [0, 0.1) is 5.92 Å². The van der Waals surface area contributed by atoms with Crippen LogP contribution in [0.1, 0.15) is 43.2 Å². The summed E-state index contributed by atoms with van der Waals surface area (Å²) in [5.74, 6) is 1.87. The van der Waals surface area contributed by atoms with E-state index in [2.05, 4.69) is 40.7 Å². The summed E-state index contributed by atoms with van der Waals surface area (Å²) in [6.07, 6.45) is 9.05. The lowest BCUT2D eigenvalue weighted by atomic mass is 9.90. The lowest BCUT2D eigenvalue weighted by molar-refractivity contribution is -0.121. The third-order valence-electron chi connectivity index (χ3n) is 5.95. The van der Waals surface area contributed by atoms with Crippen molar-refractivity contribution in [3.63, 3.8) is 0 Å². The molecule has 2 aromatic carbocycles. The Labute approximate surface area is 183 Å². The van der Waals surface area contributed by atoms with Gasteiger partial charge in [-0.1, -0.05) is 36.4 Å². The number of carbonyl (C=O) groups is 1. The lowest BCUT2D eigenvalue weighted by Gasteiger charge is -2.20. The van der Waals surface area contributed by atoms with Crippen molar-refractivity contribution >= 4 is 16.8 Å². The van der Waals surface area contributed by atoms with Crippen molar-refractivity contribution in [3.8, 4) is 11.5 Å². The number of H-pyrrole nitrogens is 1. The highest BCUT2D eigenvalue weighted by Gasteiger charge is 2.22. The van der Waals surface area contributed by atoms with Crippen molar-refractivity contribution in [2.75, 3.05) is 20.3 Å². The number of fused-ring (bicyclic) bond motifs is 1. The predicted molar refractivity (Wildman–Crippen MR) is 124 cm³/mol. The number of nitrogens with one attached hydrogen (secondary N) is 2. The molecular weight excluding hydrogens is 388 g/mol. The maximum absolute atomic E-state index is 12.6. The molecule has 162 valence electrons. The Morgan fingerprint density at radius 3 is 2.87 bits per heavy atom. The summed E-state index contributed by atoms with van der Waals surface area (Å²) in [4.78, 5) is 16.0. The number of methoxy groups -OCH3 is 1. The van der Waals surface area contributed by atoms with Gasteiger partial charge in [-0.25, -0.2) is 0 Å². The summed E-state index contributed by atoms with van der Waals surface area (Å²) < 4.78 is 11.3. The molecule has 0 radical (unpaired) electrons. The van der Waals surface area contributed by atoms with Gasteiger partial charge >= 0.3 is 0 Å². The van der Waals surface area contributed by atoms with E-state index in [9.17, 15) is 4.79 Å². The van der Waals surface area contributed by atoms with Crippen LogP contribution in [-0.2, 0) is 4.79 Å². The van der Waals surface area contributed by atoms with Crippen molar-refractivity contribution in [2.24, 2.45) is 5.92 Å². The number of benzene rings is 2. The van der Waals surface area contributed by atoms with Gasteiger partial charge in [0.1, 0.15) is 0 Å². The van der Waals surface area contributed by atoms with E-state index in [0.717, 1.165) is 40.6 Å². The number of aromatic amines is 1. The number of carbonyl (C=O) groups excluding carboxylic acids is 1. The molecule has 4 rings (SSSR count). The molecule has 5 heteroatoms. The molecule has 2 unspecified atom stereocenters. The van der Waals surface area contributed by atoms with Crippen molar-refractivity contribution in [1.82, 2.24) is 10.3 Å². The summed E-state index contributed by atoms with van der Waals surface area (Å²) in [6, 6.07) is 14.3. The van der Waals surface area contributed by atoms with E-state index in [1.54, 1.807) is 7.11 Å². The van der Waals surface area contributed by atoms with Gasteiger partial charge in [0.25, 0.3) is 0 Å². The maximum atomic E-state index is 12.6. The summed E-state index contributed by atoms with van der Waals surface area (Å²) in [5.41, 5.74) is 3.32. The van der Waals surface area contributed by atoms with Gasteiger partial charge < -0.3 is 19.8 Å². The van der Waals surface area contributed by atoms with Crippen LogP contribution in [0.4, 0.5) is 0 Å². The molecule has 0 saturated heterocycles. The van der Waals surface area contributed by atoms with E-state index in [-0.39, 0.29) is 11.8 Å². The Hall–Kier alpha value is -3.21. The molecule has 31 heavy (non-hydrogen) atoms. The second kappa shape index (κ2) is 9.73. The van der Waals surface area contributed by atoms with Crippen LogP contribution in [-0.4, -0.2) is 31.2 Å². The molecule has 2 atom stereocenters. The third-order valence-corrected chi connectivity index (χ3v) is 5.95. The molecule has 0 bridgehead atoms. The molecular formula is C26H30N2O3. The van der Waals surface area contributed by atoms with Crippen LogP contribution in [0.15, 0.2) is 60.8 Å². The zero-order chi connectivity index (χ0) is 21.6. The van der Waals surface area contributed by atoms with Crippen molar-refractivity contribution in [2.45, 2.75) is 32.1 Å². The first kappa shape index (κ1) is 21.0. The minimum atomic E-state index is -0.0104. The van der Waals surface area contributed by atoms with E-state index in [1.807, 2.05) is 37.4 Å². The van der Waals surface area contributed by atoms with E-state index >= 15 is 0 Å². The predicted octanol–water partition coefficient (Wildman–Crippen LogP) is 5.18. The Kier molecular flexibility index (Phi) is 6.60. The molecule has 1 aliphatic carbocycles. The molecule has 1 aliphatic rings. The number of allylic oxidation sites excluding steroid dienone is 2. The number of amides is 1. The first-order valence-corrected chi connectivity index (χ1v) is 11.0. The average Bonchev–Trinajstić information content (AvgIpc) is 3.45. The lowest BCUT2D eigenvalue weighted by Crippen LogP contribution is -2.29. The molecule has 1 aromatic heterocycles. The first-order chi connectivity index (χ1) is 15.2. The van der Waals surface area contributed by atoms with E-state index in [0.29, 0.717) is 31.2 Å². The Morgan fingerprint density at radius 1 is 1.23 bits per heavy atom. The number of rotatable bonds is 9. The highest BCUT2D eigenvalue weighted by molar-refractivity contribution is 5.84. The summed E-state index contributed by atoms with van der Waals surface area (Å²) in [5, 5.41) is 4.34. The van der Waals surface area contributed by atoms with Gasteiger partial charge in [0.15, 0.2) is 11.5 Å². The van der Waals surface area contributed by atoms with Crippen LogP contribution in [0.2, 0.25) is 0 Å². The minimum absolute atomic E-state index is 0.0104. The van der Waals surface area contributed by atoms with Gasteiger partial charge in [0.2, 0.25) is 5.91 Å². The Morgan fingerprint density at radius 2 is 2.10 bits per heavy atom. The zero-order valence-corrected chi connectivity index (χ0v) is 18.2. The number of para-hydroxylation sites is 1. The van der Waals surface area contributed by atoms with E-state index < -0.39 is 0 Å². The molecule has 0 aliphatic heterocycles. The summed E-state index contributed by atoms with van der Waals surface area (Å²) in [6.45, 7) is 3.05. The number of hydrogen-bond donors (Lipinski definition) is 2. The van der Waals surface area contributed by atoms with Gasteiger partial charge in [0, 0.05) is 36.0 Å². The molecule has 1 heterocycles. The summed E-state index contributed by atoms with van der Waals surface area (Å²) in [7, 11) is 1.65. The van der Waals surface area contributed by atoms with Crippen LogP contribution in [0.3, 0.4) is 0 Å². The number of hydrogen-bond acceptors (Lipinski definition) is 3. The van der Waals surface area contributed by atoms with Crippen LogP contribution >= 0.6 is 0 Å². The van der Waals surface area contributed by atoms with E-state index in [1.165, 1.54) is 0 Å². The van der Waals surface area contributed by atoms with E-state index in [4.69, 9.17) is 9.47 Å². The normalized spacial score (nSPS) is 16.4. The Balaban J connectivity index is 1.62. The van der Waals surface area contributed by atoms with Crippen LogP contribution < -0.4 is 14.8 Å². The van der Waals surface area contributed by atoms with Crippen molar-refractivity contribution < 1.29 is 14.3 Å². The van der Waals surface area contributed by atoms with Crippen molar-refractivity contribution in [1.29, 1.82) is 0 Å². The van der Waals surface area contributed by atoms with Gasteiger partial charge in [-0.15, -0.1) is 0 Å². The fourth-order valence-corrected chi connectivity index (χ4v) is 4.36. The molecule has 0 saturated carbocycles. The average molecular weight is 419 g/mol. The quantitative estimate of drug-likeness (QED) is 0.471. The molecule has 0 spiro atoms. The highest BCUT2D eigenvalue weighted by atomic mass is 16.5. The van der Waals surface area contributed by atoms with Gasteiger partial charge in [-0.3, -0.25) is 4.79 Å². The molecule has 2 N–H and O–H groups in total. The summed E-state index contributed by atoms with van der Waals surface area (Å²) >= 11 is 0. The highest BCUT2D eigenvalue weighted by Crippen LogP contribution is 2.36. The van der Waals surface area contributed by atoms with Gasteiger partial charge in [0.05, 0.1) is 13.7 Å². The number of ether oxygens (including phenoxy) is 2. The van der Waals surface area contributed by atoms with Crippen molar-refractivity contribution in [3.05, 3.63) is 71.9 Å². The minimum Gasteiger partial charge on any atom is -0.493 e. The fraction of sp³-hybridized carbons (Fsp3) is 0.346. The van der Waals surface area contributed by atoms with Crippen LogP contribution in [0.5, 0.6) is 11.5 Å². The number of aromatic nitrogens is 1. The zero-order valence-electron chi connectivity index (χ0n) is 18.2. The first-order valence-electron chi connectivity index (χ1n) is 11.0. The Bertz CT molecular complexity index is 1070. The molecule has 5 nitrogen and oxygen atoms in total. The second-order valence-corrected chi connectivity index (χ2v) is 7.96. The fourth-order valence-electron chi connectivity index (χ4n) is 4.36.